The third kappa shape index (κ3) is 4.94. The topological polar surface area (TPSA) is 120 Å². The Morgan fingerprint density at radius 2 is 1.81 bits per heavy atom. The number of carbonyl (C=O) groups is 1. The molecular formula is C22H29N5O3S. The number of pyridine rings is 1. The second-order valence-corrected chi connectivity index (χ2v) is 9.69. The number of nitrogens with zero attached hydrogens (tertiary/aromatic N) is 3. The monoisotopic (exact) mass is 443 g/mol. The van der Waals surface area contributed by atoms with E-state index in [1.165, 1.54) is 12.1 Å². The Balaban J connectivity index is 1.68. The molecule has 8 nitrogen and oxygen atoms in total. The third-order valence-electron chi connectivity index (χ3n) is 5.51. The average molecular weight is 444 g/mol. The third-order valence-corrected chi connectivity index (χ3v) is 6.44. The number of hydrogen-bond acceptors (Lipinski definition) is 5. The number of nitrogens with two attached hydrogens (primary N) is 1. The van der Waals surface area contributed by atoms with Crippen molar-refractivity contribution < 1.29 is 13.2 Å². The largest absolute Gasteiger partial charge is 0.350 e. The molecule has 0 aliphatic carbocycles. The van der Waals surface area contributed by atoms with Gasteiger partial charge in [0.15, 0.2) is 5.65 Å². The Bertz CT molecular complexity index is 1210. The first kappa shape index (κ1) is 22.9. The Morgan fingerprint density at radius 3 is 2.39 bits per heavy atom. The van der Waals surface area contributed by atoms with Gasteiger partial charge >= 0.3 is 0 Å². The predicted octanol–water partition coefficient (Wildman–Crippen LogP) is 3.09. The van der Waals surface area contributed by atoms with Crippen LogP contribution in [0.1, 0.15) is 61.7 Å². The smallest absolute Gasteiger partial charge is 0.238 e. The highest BCUT2D eigenvalue weighted by atomic mass is 32.2. The lowest BCUT2D eigenvalue weighted by atomic mass is 10.00. The lowest BCUT2D eigenvalue weighted by molar-refractivity contribution is -0.121. The van der Waals surface area contributed by atoms with Gasteiger partial charge in [0.1, 0.15) is 0 Å². The molecule has 0 bridgehead atoms. The number of carbonyl (C=O) groups excluding carboxylic acids is 1. The van der Waals surface area contributed by atoms with Gasteiger partial charge in [-0.3, -0.25) is 4.79 Å². The van der Waals surface area contributed by atoms with Crippen molar-refractivity contribution >= 4 is 27.0 Å². The molecule has 166 valence electrons. The number of fused-ring (bicyclic) bond motifs is 1. The summed E-state index contributed by atoms with van der Waals surface area (Å²) in [5, 5.41) is 13.6. The minimum atomic E-state index is -3.73. The van der Waals surface area contributed by atoms with Crippen molar-refractivity contribution in [1.29, 1.82) is 0 Å². The molecule has 1 amide bonds. The fraction of sp³-hybridized carbons (Fsp3) is 0.409. The second-order valence-electron chi connectivity index (χ2n) is 8.12. The van der Waals surface area contributed by atoms with Gasteiger partial charge in [-0.15, -0.1) is 0 Å². The van der Waals surface area contributed by atoms with Crippen LogP contribution in [0, 0.1) is 13.8 Å². The van der Waals surface area contributed by atoms with Crippen LogP contribution in [-0.4, -0.2) is 29.1 Å². The molecule has 31 heavy (non-hydrogen) atoms. The van der Waals surface area contributed by atoms with Gasteiger partial charge in [0.25, 0.3) is 0 Å². The number of aromatic nitrogens is 3. The summed E-state index contributed by atoms with van der Waals surface area (Å²) in [5.74, 6) is -0.0835. The number of benzene rings is 1. The van der Waals surface area contributed by atoms with Crippen LogP contribution in [-0.2, 0) is 21.2 Å². The lowest BCUT2D eigenvalue weighted by Crippen LogP contribution is -2.27. The van der Waals surface area contributed by atoms with Crippen molar-refractivity contribution in [2.45, 2.75) is 64.4 Å². The molecule has 1 atom stereocenters. The van der Waals surface area contributed by atoms with E-state index in [-0.39, 0.29) is 22.9 Å². The van der Waals surface area contributed by atoms with E-state index in [9.17, 15) is 13.2 Å². The van der Waals surface area contributed by atoms with Gasteiger partial charge < -0.3 is 5.32 Å². The molecule has 0 saturated heterocycles. The summed E-state index contributed by atoms with van der Waals surface area (Å²) in [5.41, 5.74) is 4.75. The van der Waals surface area contributed by atoms with Crippen LogP contribution in [0.15, 0.2) is 35.4 Å². The Kier molecular flexibility index (Phi) is 6.47. The molecule has 1 unspecified atom stereocenters. The van der Waals surface area contributed by atoms with Crippen LogP contribution in [0.25, 0.3) is 11.0 Å². The van der Waals surface area contributed by atoms with Crippen molar-refractivity contribution in [2.24, 2.45) is 5.14 Å². The maximum Gasteiger partial charge on any atom is 0.238 e. The molecule has 0 saturated carbocycles. The normalized spacial score (nSPS) is 13.0. The van der Waals surface area contributed by atoms with Gasteiger partial charge in [-0.25, -0.2) is 23.2 Å². The van der Waals surface area contributed by atoms with Gasteiger partial charge in [0.05, 0.1) is 17.1 Å². The summed E-state index contributed by atoms with van der Waals surface area (Å²) in [6, 6.07) is 6.16. The maximum absolute atomic E-state index is 12.5. The van der Waals surface area contributed by atoms with Crippen molar-refractivity contribution in [1.82, 2.24) is 20.1 Å². The van der Waals surface area contributed by atoms with Crippen LogP contribution in [0.5, 0.6) is 0 Å². The van der Waals surface area contributed by atoms with Gasteiger partial charge in [0, 0.05) is 23.5 Å². The highest BCUT2D eigenvalue weighted by Gasteiger charge is 2.17. The molecule has 9 heteroatoms. The molecule has 0 spiro atoms. The van der Waals surface area contributed by atoms with Gasteiger partial charge in [-0.2, -0.15) is 5.10 Å². The summed E-state index contributed by atoms with van der Waals surface area (Å²) < 4.78 is 24.7. The Hall–Kier alpha value is -2.78. The minimum absolute atomic E-state index is 0.0457. The highest BCUT2D eigenvalue weighted by molar-refractivity contribution is 7.89. The summed E-state index contributed by atoms with van der Waals surface area (Å²) in [4.78, 5) is 17.3. The number of hydrogen-bond donors (Lipinski definition) is 2. The zero-order valence-corrected chi connectivity index (χ0v) is 19.3. The SMILES string of the molecule is Cc1nc2c(cnn2C(C)C)c(C)c1CCC(=O)NC(C)c1ccc(S(N)(=O)=O)cc1. The first-order valence-corrected chi connectivity index (χ1v) is 11.8. The molecule has 2 aromatic heterocycles. The Morgan fingerprint density at radius 1 is 1.16 bits per heavy atom. The van der Waals surface area contributed by atoms with Crippen molar-refractivity contribution in [3.05, 3.63) is 52.8 Å². The lowest BCUT2D eigenvalue weighted by Gasteiger charge is -2.16. The summed E-state index contributed by atoms with van der Waals surface area (Å²) in [6.07, 6.45) is 2.75. The van der Waals surface area contributed by atoms with Crippen LogP contribution in [0.2, 0.25) is 0 Å². The average Bonchev–Trinajstić information content (AvgIpc) is 3.11. The van der Waals surface area contributed by atoms with E-state index in [0.29, 0.717) is 12.8 Å². The van der Waals surface area contributed by atoms with E-state index in [1.807, 2.05) is 31.6 Å². The van der Waals surface area contributed by atoms with E-state index >= 15 is 0 Å². The molecule has 3 aromatic rings. The summed E-state index contributed by atoms with van der Waals surface area (Å²) >= 11 is 0. The fourth-order valence-electron chi connectivity index (χ4n) is 3.72. The molecule has 2 heterocycles. The van der Waals surface area contributed by atoms with Crippen molar-refractivity contribution in [3.63, 3.8) is 0 Å². The van der Waals surface area contributed by atoms with Gasteiger partial charge in [-0.05, 0) is 69.9 Å². The van der Waals surface area contributed by atoms with Crippen LogP contribution >= 0.6 is 0 Å². The first-order valence-electron chi connectivity index (χ1n) is 10.2. The van der Waals surface area contributed by atoms with Crippen LogP contribution < -0.4 is 10.5 Å². The minimum Gasteiger partial charge on any atom is -0.350 e. The Labute approximate surface area is 182 Å². The van der Waals surface area contributed by atoms with Crippen LogP contribution in [0.4, 0.5) is 0 Å². The van der Waals surface area contributed by atoms with Gasteiger partial charge in [0.2, 0.25) is 15.9 Å². The first-order chi connectivity index (χ1) is 14.5. The van der Waals surface area contributed by atoms with Crippen molar-refractivity contribution in [2.75, 3.05) is 0 Å². The molecule has 0 aliphatic heterocycles. The second kappa shape index (κ2) is 8.76. The number of aryl methyl sites for hydroxylation is 2. The van der Waals surface area contributed by atoms with E-state index in [0.717, 1.165) is 33.4 Å². The molecule has 3 N–H and O–H groups in total. The van der Waals surface area contributed by atoms with E-state index in [1.54, 1.807) is 12.1 Å². The molecule has 3 rings (SSSR count). The van der Waals surface area contributed by atoms with Gasteiger partial charge in [-0.1, -0.05) is 12.1 Å². The predicted molar refractivity (Wildman–Crippen MR) is 120 cm³/mol. The summed E-state index contributed by atoms with van der Waals surface area (Å²) in [6.45, 7) is 10.0. The number of amides is 1. The maximum atomic E-state index is 12.5. The molecular weight excluding hydrogens is 414 g/mol. The quantitative estimate of drug-likeness (QED) is 0.581. The summed E-state index contributed by atoms with van der Waals surface area (Å²) in [7, 11) is -3.73. The fourth-order valence-corrected chi connectivity index (χ4v) is 4.24. The number of sulfonamides is 1. The molecule has 0 fully saturated rings. The molecule has 1 aromatic carbocycles. The van der Waals surface area contributed by atoms with E-state index in [4.69, 9.17) is 10.1 Å². The number of primary sulfonamides is 1. The molecule has 0 radical (unpaired) electrons. The zero-order chi connectivity index (χ0) is 22.9. The number of rotatable bonds is 7. The van der Waals surface area contributed by atoms with E-state index in [2.05, 4.69) is 24.3 Å². The molecule has 0 aliphatic rings. The highest BCUT2D eigenvalue weighted by Crippen LogP contribution is 2.25. The van der Waals surface area contributed by atoms with E-state index < -0.39 is 10.0 Å². The zero-order valence-electron chi connectivity index (χ0n) is 18.5. The van der Waals surface area contributed by atoms with Crippen molar-refractivity contribution in [3.8, 4) is 0 Å². The number of nitrogens with one attached hydrogen (secondary N) is 1. The standard InChI is InChI=1S/C22H29N5O3S/c1-13(2)27-22-20(12-24-27)14(3)19(16(5)26-22)10-11-21(28)25-15(4)17-6-8-18(9-7-17)31(23,29)30/h6-9,12-13,15H,10-11H2,1-5H3,(H,25,28)(H2,23,29,30). The van der Waals surface area contributed by atoms with Crippen LogP contribution in [0.3, 0.4) is 0 Å².